The standard InChI is InChI=1S/C28H32Cl3NO8S/c1-17-8-11-20(12-9-17)41-26-23(32-27(36)38-16-28(29,30)31)25(40-22(34)13-10-18(2)33)24(35)21(39-26)15-37-14-19-6-4-3-5-7-19/h3-9,11-12,21,23-26,35H,10,13-16H2,1-2H3,(H,32,36)/t21-,23-,24-,25-,26+/m1/s1. The maximum Gasteiger partial charge on any atom is 0.407 e. The maximum absolute atomic E-state index is 12.7. The average Bonchev–Trinajstić information content (AvgIpc) is 2.92. The SMILES string of the molecule is CC(=O)CCC(=O)O[C@H]1[C@H](O)[C@@H](COCc2ccccc2)O[C@@H](Sc2ccc(C)cc2)[C@@H]1NC(=O)OCC(Cl)(Cl)Cl. The number of aliphatic hydroxyl groups is 1. The first-order valence-electron chi connectivity index (χ1n) is 12.8. The maximum atomic E-state index is 12.7. The third-order valence-corrected chi connectivity index (χ3v) is 7.45. The van der Waals surface area contributed by atoms with Gasteiger partial charge in [-0.25, -0.2) is 4.79 Å². The van der Waals surface area contributed by atoms with Crippen LogP contribution in [0.3, 0.4) is 0 Å². The lowest BCUT2D eigenvalue weighted by Gasteiger charge is -2.44. The molecule has 1 saturated heterocycles. The van der Waals surface area contributed by atoms with Crippen molar-refractivity contribution in [2.45, 2.75) is 71.8 Å². The van der Waals surface area contributed by atoms with Crippen molar-refractivity contribution in [3.63, 3.8) is 0 Å². The fourth-order valence-electron chi connectivity index (χ4n) is 3.88. The lowest BCUT2D eigenvalue weighted by Crippen LogP contribution is -2.64. The molecule has 0 bridgehead atoms. The second-order valence-corrected chi connectivity index (χ2v) is 13.2. The highest BCUT2D eigenvalue weighted by molar-refractivity contribution is 7.99. The summed E-state index contributed by atoms with van der Waals surface area (Å²) in [5, 5.41) is 13.9. The van der Waals surface area contributed by atoms with Crippen LogP contribution in [-0.4, -0.2) is 69.7 Å². The van der Waals surface area contributed by atoms with E-state index in [-0.39, 0.29) is 31.8 Å². The van der Waals surface area contributed by atoms with Crippen LogP contribution in [0.1, 0.15) is 30.9 Å². The number of esters is 1. The van der Waals surface area contributed by atoms with E-state index in [1.54, 1.807) is 0 Å². The van der Waals surface area contributed by atoms with E-state index >= 15 is 0 Å². The molecular formula is C28H32Cl3NO8S. The predicted octanol–water partition coefficient (Wildman–Crippen LogP) is 5.14. The zero-order valence-corrected chi connectivity index (χ0v) is 25.5. The Kier molecular flexibility index (Phi) is 13.0. The molecule has 2 N–H and O–H groups in total. The summed E-state index contributed by atoms with van der Waals surface area (Å²) in [4.78, 5) is 37.6. The molecule has 1 aliphatic heterocycles. The highest BCUT2D eigenvalue weighted by atomic mass is 35.6. The molecule has 5 atom stereocenters. The second kappa shape index (κ2) is 16.0. The average molecular weight is 649 g/mol. The van der Waals surface area contributed by atoms with Crippen LogP contribution in [0, 0.1) is 6.92 Å². The van der Waals surface area contributed by atoms with Gasteiger partial charge < -0.3 is 34.2 Å². The number of alkyl halides is 3. The van der Waals surface area contributed by atoms with Crippen LogP contribution < -0.4 is 5.32 Å². The number of carbonyl (C=O) groups is 3. The van der Waals surface area contributed by atoms with E-state index in [1.165, 1.54) is 18.7 Å². The largest absolute Gasteiger partial charge is 0.457 e. The van der Waals surface area contributed by atoms with Crippen molar-refractivity contribution in [3.05, 3.63) is 65.7 Å². The quantitative estimate of drug-likeness (QED) is 0.238. The van der Waals surface area contributed by atoms with E-state index in [1.807, 2.05) is 61.5 Å². The van der Waals surface area contributed by atoms with Gasteiger partial charge in [-0.2, -0.15) is 0 Å². The minimum atomic E-state index is -1.85. The molecule has 224 valence electrons. The van der Waals surface area contributed by atoms with E-state index in [0.717, 1.165) is 16.0 Å². The molecule has 0 unspecified atom stereocenters. The van der Waals surface area contributed by atoms with Gasteiger partial charge in [0.2, 0.25) is 3.79 Å². The number of benzene rings is 2. The Morgan fingerprint density at radius 3 is 2.37 bits per heavy atom. The van der Waals surface area contributed by atoms with Crippen LogP contribution in [0.25, 0.3) is 0 Å². The van der Waals surface area contributed by atoms with Gasteiger partial charge in [0.25, 0.3) is 0 Å². The zero-order chi connectivity index (χ0) is 30.0. The summed E-state index contributed by atoms with van der Waals surface area (Å²) in [7, 11) is 0. The van der Waals surface area contributed by atoms with Gasteiger partial charge >= 0.3 is 12.1 Å². The molecular weight excluding hydrogens is 617 g/mol. The zero-order valence-electron chi connectivity index (χ0n) is 22.5. The number of aryl methyl sites for hydroxylation is 1. The number of alkyl carbamates (subject to hydrolysis) is 1. The fraction of sp³-hybridized carbons (Fsp3) is 0.464. The smallest absolute Gasteiger partial charge is 0.407 e. The van der Waals surface area contributed by atoms with Crippen molar-refractivity contribution in [2.75, 3.05) is 13.2 Å². The van der Waals surface area contributed by atoms with E-state index in [9.17, 15) is 19.5 Å². The minimum absolute atomic E-state index is 0.0348. The molecule has 1 fully saturated rings. The Morgan fingerprint density at radius 2 is 1.73 bits per heavy atom. The number of hydrogen-bond donors (Lipinski definition) is 2. The molecule has 0 aromatic heterocycles. The first kappa shape index (κ1) is 33.5. The molecule has 1 aliphatic rings. The summed E-state index contributed by atoms with van der Waals surface area (Å²) in [5.74, 6) is -0.921. The van der Waals surface area contributed by atoms with Gasteiger partial charge in [0.15, 0.2) is 6.10 Å². The molecule has 0 radical (unpaired) electrons. The highest BCUT2D eigenvalue weighted by Gasteiger charge is 2.49. The van der Waals surface area contributed by atoms with Gasteiger partial charge in [0.1, 0.15) is 36.1 Å². The van der Waals surface area contributed by atoms with Crippen LogP contribution in [0.4, 0.5) is 4.79 Å². The number of hydrogen-bond acceptors (Lipinski definition) is 9. The predicted molar refractivity (Wildman–Crippen MR) is 156 cm³/mol. The van der Waals surface area contributed by atoms with Gasteiger partial charge in [-0.1, -0.05) is 94.6 Å². The Morgan fingerprint density at radius 1 is 1.05 bits per heavy atom. The lowest BCUT2D eigenvalue weighted by molar-refractivity contribution is -0.198. The third kappa shape index (κ3) is 11.6. The third-order valence-electron chi connectivity index (χ3n) is 5.94. The van der Waals surface area contributed by atoms with Gasteiger partial charge in [-0.15, -0.1) is 0 Å². The summed E-state index contributed by atoms with van der Waals surface area (Å²) in [5.41, 5.74) is 1.10. The number of nitrogens with one attached hydrogen (secondary N) is 1. The van der Waals surface area contributed by atoms with Crippen molar-refractivity contribution >= 4 is 64.4 Å². The Hall–Kier alpha value is -2.05. The number of amides is 1. The number of ketones is 1. The van der Waals surface area contributed by atoms with Crippen LogP contribution in [0.15, 0.2) is 59.5 Å². The fourth-order valence-corrected chi connectivity index (χ4v) is 5.17. The molecule has 3 rings (SSSR count). The van der Waals surface area contributed by atoms with Gasteiger partial charge in [-0.05, 0) is 31.5 Å². The first-order valence-corrected chi connectivity index (χ1v) is 14.8. The van der Waals surface area contributed by atoms with Crippen molar-refractivity contribution in [2.24, 2.45) is 0 Å². The summed E-state index contributed by atoms with van der Waals surface area (Å²) in [6.07, 6.45) is -4.82. The highest BCUT2D eigenvalue weighted by Crippen LogP contribution is 2.35. The molecule has 0 spiro atoms. The van der Waals surface area contributed by atoms with Crippen LogP contribution in [-0.2, 0) is 35.1 Å². The molecule has 2 aromatic rings. The molecule has 1 heterocycles. The summed E-state index contributed by atoms with van der Waals surface area (Å²) < 4.78 is 20.9. The summed E-state index contributed by atoms with van der Waals surface area (Å²) in [6, 6.07) is 15.9. The summed E-state index contributed by atoms with van der Waals surface area (Å²) in [6.45, 7) is 2.98. The number of Topliss-reactive ketones (excluding diaryl/α,β-unsaturated/α-hetero) is 1. The molecule has 9 nitrogen and oxygen atoms in total. The first-order chi connectivity index (χ1) is 19.4. The topological polar surface area (TPSA) is 120 Å². The van der Waals surface area contributed by atoms with Crippen molar-refractivity contribution in [3.8, 4) is 0 Å². The Labute approximate surface area is 258 Å². The molecule has 1 amide bonds. The number of aliphatic hydroxyl groups excluding tert-OH is 1. The Balaban J connectivity index is 1.85. The Bertz CT molecular complexity index is 1150. The van der Waals surface area contributed by atoms with Gasteiger partial charge in [0, 0.05) is 11.3 Å². The van der Waals surface area contributed by atoms with Gasteiger partial charge in [-0.3, -0.25) is 4.79 Å². The van der Waals surface area contributed by atoms with E-state index in [0.29, 0.717) is 0 Å². The molecule has 0 saturated carbocycles. The van der Waals surface area contributed by atoms with E-state index in [4.69, 9.17) is 53.8 Å². The number of thioether (sulfide) groups is 1. The minimum Gasteiger partial charge on any atom is -0.457 e. The molecule has 2 aromatic carbocycles. The van der Waals surface area contributed by atoms with Crippen molar-refractivity contribution in [1.29, 1.82) is 0 Å². The molecule has 13 heteroatoms. The molecule has 0 aliphatic carbocycles. The number of carbonyl (C=O) groups excluding carboxylic acids is 3. The van der Waals surface area contributed by atoms with Crippen LogP contribution in [0.5, 0.6) is 0 Å². The monoisotopic (exact) mass is 647 g/mol. The van der Waals surface area contributed by atoms with Crippen LogP contribution in [0.2, 0.25) is 0 Å². The second-order valence-electron chi connectivity index (χ2n) is 9.48. The van der Waals surface area contributed by atoms with Crippen LogP contribution >= 0.6 is 46.6 Å². The number of rotatable bonds is 12. The van der Waals surface area contributed by atoms with E-state index < -0.39 is 52.3 Å². The molecule has 41 heavy (non-hydrogen) atoms. The number of ether oxygens (including phenoxy) is 4. The normalized spacial score (nSPS) is 22.5. The lowest BCUT2D eigenvalue weighted by atomic mass is 9.97. The summed E-state index contributed by atoms with van der Waals surface area (Å²) >= 11 is 18.4. The van der Waals surface area contributed by atoms with Crippen molar-refractivity contribution < 1.29 is 38.4 Å². The van der Waals surface area contributed by atoms with Gasteiger partial charge in [0.05, 0.1) is 19.6 Å². The number of halogens is 3. The van der Waals surface area contributed by atoms with Crippen molar-refractivity contribution in [1.82, 2.24) is 5.32 Å². The van der Waals surface area contributed by atoms with E-state index in [2.05, 4.69) is 5.32 Å².